The van der Waals surface area contributed by atoms with Crippen molar-refractivity contribution in [1.82, 2.24) is 35.0 Å². The minimum absolute atomic E-state index is 0.0931. The number of aliphatic hydroxyl groups excluding tert-OH is 1. The lowest BCUT2D eigenvalue weighted by Gasteiger charge is -2.35. The Kier molecular flexibility index (Phi) is 10.5. The third kappa shape index (κ3) is 8.07. The maximum atomic E-state index is 13.1. The molecule has 0 spiro atoms. The fraction of sp³-hybridized carbons (Fsp3) is 0.300. The summed E-state index contributed by atoms with van der Waals surface area (Å²) in [7, 11) is -3.30. The van der Waals surface area contributed by atoms with Crippen molar-refractivity contribution in [3.05, 3.63) is 96.1 Å². The molecule has 2 fully saturated rings. The third-order valence-corrected chi connectivity index (χ3v) is 11.6. The molecule has 8 rings (SSSR count). The van der Waals surface area contributed by atoms with Gasteiger partial charge in [0.05, 0.1) is 28.3 Å². The monoisotopic (exact) mass is 806 g/mol. The zero-order valence-corrected chi connectivity index (χ0v) is 32.4. The molecular formula is C40H42N10O7S. The van der Waals surface area contributed by atoms with Crippen LogP contribution in [0.1, 0.15) is 33.6 Å². The van der Waals surface area contributed by atoms with Gasteiger partial charge in [0.1, 0.15) is 12.3 Å². The van der Waals surface area contributed by atoms with Gasteiger partial charge in [-0.25, -0.2) is 12.9 Å². The van der Waals surface area contributed by atoms with Gasteiger partial charge < -0.3 is 31.3 Å². The molecule has 0 saturated carbocycles. The van der Waals surface area contributed by atoms with E-state index in [1.54, 1.807) is 47.0 Å². The quantitative estimate of drug-likeness (QED) is 0.0905. The summed E-state index contributed by atoms with van der Waals surface area (Å²) in [5, 5.41) is 26.1. The van der Waals surface area contributed by atoms with Crippen molar-refractivity contribution in [2.45, 2.75) is 30.0 Å². The number of anilines is 4. The molecule has 2 saturated heterocycles. The largest absolute Gasteiger partial charge is 0.383 e. The first kappa shape index (κ1) is 38.5. The number of carbonyl (C=O) groups is 4. The predicted octanol–water partition coefficient (Wildman–Crippen LogP) is 2.09. The number of aliphatic hydroxyl groups is 1. The molecule has 3 aromatic carbocycles. The summed E-state index contributed by atoms with van der Waals surface area (Å²) in [6.45, 7) is 3.98. The number of nitrogens with zero attached hydrogens (tertiary/aromatic N) is 6. The minimum Gasteiger partial charge on any atom is -0.383 e. The average molecular weight is 807 g/mol. The van der Waals surface area contributed by atoms with E-state index in [0.717, 1.165) is 53.7 Å². The molecular weight excluding hydrogens is 765 g/mol. The smallest absolute Gasteiger partial charge is 0.262 e. The second-order valence-electron chi connectivity index (χ2n) is 14.5. The van der Waals surface area contributed by atoms with Crippen molar-refractivity contribution in [3.63, 3.8) is 0 Å². The Labute approximate surface area is 333 Å². The first-order valence-electron chi connectivity index (χ1n) is 18.9. The summed E-state index contributed by atoms with van der Waals surface area (Å²) < 4.78 is 25.5. The molecule has 0 aliphatic carbocycles. The normalized spacial score (nSPS) is 18.6. The van der Waals surface area contributed by atoms with Crippen LogP contribution in [0.15, 0.2) is 89.8 Å². The van der Waals surface area contributed by atoms with E-state index >= 15 is 0 Å². The SMILES string of the molecule is CS(=O)(=O)c1ccc(-c2cccc3nc(Nc4ccc(N5CCN(CC(=O)NCCNc6ccc7c(c6)C(=O)N(C6CCC(O)NC6=O)C7=O)CC5)cc4)nn23)cc1. The Morgan fingerprint density at radius 2 is 1.59 bits per heavy atom. The Hall–Kier alpha value is -6.37. The number of aromatic nitrogens is 3. The lowest BCUT2D eigenvalue weighted by atomic mass is 10.0. The molecule has 0 bridgehead atoms. The van der Waals surface area contributed by atoms with Gasteiger partial charge in [0.25, 0.3) is 11.8 Å². The van der Waals surface area contributed by atoms with Gasteiger partial charge in [-0.2, -0.15) is 4.98 Å². The number of imide groups is 1. The Morgan fingerprint density at radius 3 is 2.31 bits per heavy atom. The standard InChI is InChI=1S/C40H42N10O7S/c1-58(56,57)29-12-5-25(6-13-29)32-3-2-4-34-44-40(46-50(32)34)43-26-7-10-28(11-8-26)48-21-19-47(20-22-48)24-36(52)42-18-17-41-27-9-14-30-31(23-27)39(55)49(38(30)54)33-15-16-35(51)45-37(33)53/h2-14,23,33,35,41,51H,15-22,24H2,1H3,(H,42,52)(H,43,46)(H,45,53). The highest BCUT2D eigenvalue weighted by Gasteiger charge is 2.44. The highest BCUT2D eigenvalue weighted by molar-refractivity contribution is 7.90. The Balaban J connectivity index is 0.774. The van der Waals surface area contributed by atoms with E-state index in [1.165, 1.54) is 6.26 Å². The number of pyridine rings is 1. The van der Waals surface area contributed by atoms with E-state index in [0.29, 0.717) is 30.4 Å². The molecule has 18 heteroatoms. The van der Waals surface area contributed by atoms with Crippen LogP contribution >= 0.6 is 0 Å². The molecule has 3 aliphatic rings. The van der Waals surface area contributed by atoms with Crippen LogP contribution in [0.4, 0.5) is 23.0 Å². The van der Waals surface area contributed by atoms with Crippen LogP contribution in [0.2, 0.25) is 0 Å². The topological polar surface area (TPSA) is 211 Å². The molecule has 300 valence electrons. The Morgan fingerprint density at radius 1 is 0.862 bits per heavy atom. The van der Waals surface area contributed by atoms with Crippen LogP contribution in [0, 0.1) is 0 Å². The molecule has 2 aromatic heterocycles. The molecule has 4 amide bonds. The van der Waals surface area contributed by atoms with Crippen LogP contribution in [-0.2, 0) is 19.4 Å². The maximum absolute atomic E-state index is 13.1. The fourth-order valence-corrected chi connectivity index (χ4v) is 8.07. The van der Waals surface area contributed by atoms with Gasteiger partial charge in [-0.3, -0.25) is 29.0 Å². The van der Waals surface area contributed by atoms with Crippen molar-refractivity contribution in [3.8, 4) is 11.3 Å². The number of piperazine rings is 1. The number of rotatable bonds is 12. The zero-order chi connectivity index (χ0) is 40.6. The molecule has 3 aliphatic heterocycles. The number of nitrogens with one attached hydrogen (secondary N) is 4. The third-order valence-electron chi connectivity index (χ3n) is 10.5. The van der Waals surface area contributed by atoms with E-state index in [-0.39, 0.29) is 41.3 Å². The van der Waals surface area contributed by atoms with Gasteiger partial charge in [0.2, 0.25) is 17.8 Å². The number of amides is 4. The highest BCUT2D eigenvalue weighted by atomic mass is 32.2. The van der Waals surface area contributed by atoms with Crippen molar-refractivity contribution in [2.24, 2.45) is 0 Å². The molecule has 2 unspecified atom stereocenters. The maximum Gasteiger partial charge on any atom is 0.262 e. The molecule has 5 N–H and O–H groups in total. The van der Waals surface area contributed by atoms with Crippen LogP contribution in [-0.4, -0.2) is 126 Å². The van der Waals surface area contributed by atoms with Crippen molar-refractivity contribution < 1.29 is 32.7 Å². The van der Waals surface area contributed by atoms with Crippen molar-refractivity contribution in [2.75, 3.05) is 67.6 Å². The van der Waals surface area contributed by atoms with Gasteiger partial charge in [-0.1, -0.05) is 18.2 Å². The summed E-state index contributed by atoms with van der Waals surface area (Å²) in [5.41, 5.74) is 5.16. The average Bonchev–Trinajstić information content (AvgIpc) is 3.73. The van der Waals surface area contributed by atoms with Gasteiger partial charge >= 0.3 is 0 Å². The van der Waals surface area contributed by atoms with E-state index in [2.05, 4.69) is 41.1 Å². The Bertz CT molecular complexity index is 2500. The minimum atomic E-state index is -3.30. The predicted molar refractivity (Wildman–Crippen MR) is 216 cm³/mol. The van der Waals surface area contributed by atoms with Crippen LogP contribution < -0.4 is 26.2 Å². The second kappa shape index (κ2) is 15.9. The highest BCUT2D eigenvalue weighted by Crippen LogP contribution is 2.30. The van der Waals surface area contributed by atoms with Crippen LogP contribution in [0.25, 0.3) is 16.9 Å². The number of carbonyl (C=O) groups excluding carboxylic acids is 4. The lowest BCUT2D eigenvalue weighted by molar-refractivity contribution is -0.131. The van der Waals surface area contributed by atoms with Gasteiger partial charge in [0.15, 0.2) is 15.5 Å². The first-order valence-corrected chi connectivity index (χ1v) is 20.8. The zero-order valence-electron chi connectivity index (χ0n) is 31.6. The summed E-state index contributed by atoms with van der Waals surface area (Å²) in [5.74, 6) is -1.30. The molecule has 0 radical (unpaired) electrons. The summed E-state index contributed by atoms with van der Waals surface area (Å²) in [4.78, 5) is 61.4. The number of fused-ring (bicyclic) bond motifs is 2. The number of benzene rings is 3. The summed E-state index contributed by atoms with van der Waals surface area (Å²) in [6, 6.07) is 24.2. The lowest BCUT2D eigenvalue weighted by Crippen LogP contribution is -2.55. The van der Waals surface area contributed by atoms with Crippen molar-refractivity contribution in [1.29, 1.82) is 0 Å². The van der Waals surface area contributed by atoms with Crippen molar-refractivity contribution >= 4 is 62.1 Å². The van der Waals surface area contributed by atoms with Gasteiger partial charge in [-0.15, -0.1) is 5.10 Å². The van der Waals surface area contributed by atoms with E-state index < -0.39 is 39.8 Å². The molecule has 5 aromatic rings. The first-order chi connectivity index (χ1) is 27.9. The fourth-order valence-electron chi connectivity index (χ4n) is 7.44. The van der Waals surface area contributed by atoms with Gasteiger partial charge in [0, 0.05) is 68.1 Å². The van der Waals surface area contributed by atoms with E-state index in [4.69, 9.17) is 0 Å². The number of sulfone groups is 1. The number of piperidine rings is 1. The van der Waals surface area contributed by atoms with Crippen LogP contribution in [0.3, 0.4) is 0 Å². The summed E-state index contributed by atoms with van der Waals surface area (Å²) in [6.07, 6.45) is 0.632. The molecule has 5 heterocycles. The van der Waals surface area contributed by atoms with Gasteiger partial charge in [-0.05, 0) is 79.6 Å². The molecule has 58 heavy (non-hydrogen) atoms. The molecule has 17 nitrogen and oxygen atoms in total. The van der Waals surface area contributed by atoms with Crippen LogP contribution in [0.5, 0.6) is 0 Å². The number of hydrogen-bond acceptors (Lipinski definition) is 13. The number of hydrogen-bond donors (Lipinski definition) is 5. The van der Waals surface area contributed by atoms with E-state index in [9.17, 15) is 32.7 Å². The summed E-state index contributed by atoms with van der Waals surface area (Å²) >= 11 is 0. The molecule has 2 atom stereocenters. The van der Waals surface area contributed by atoms with E-state index in [1.807, 2.05) is 42.5 Å². The second-order valence-corrected chi connectivity index (χ2v) is 16.5.